The summed E-state index contributed by atoms with van der Waals surface area (Å²) < 4.78 is 10.4. The lowest BCUT2D eigenvalue weighted by atomic mass is 10.2. The summed E-state index contributed by atoms with van der Waals surface area (Å²) in [6, 6.07) is 10.9. The Balaban J connectivity index is 1.83. The topological polar surface area (TPSA) is 102 Å². The van der Waals surface area contributed by atoms with Gasteiger partial charge in [-0.2, -0.15) is 4.98 Å². The zero-order valence-corrected chi connectivity index (χ0v) is 16.7. The van der Waals surface area contributed by atoms with Crippen molar-refractivity contribution < 1.29 is 14.3 Å². The number of ether oxygens (including phenoxy) is 2. The third kappa shape index (κ3) is 5.02. The molecule has 2 heterocycles. The fourth-order valence-electron chi connectivity index (χ4n) is 2.62. The molecular formula is C21H22N6O3. The van der Waals surface area contributed by atoms with Crippen LogP contribution in [0.25, 0.3) is 0 Å². The summed E-state index contributed by atoms with van der Waals surface area (Å²) in [5.74, 6) is 1.81. The maximum absolute atomic E-state index is 11.3. The smallest absolute Gasteiger partial charge is 0.229 e. The van der Waals surface area contributed by atoms with Gasteiger partial charge in [-0.3, -0.25) is 4.79 Å². The number of carbonyl (C=O) groups excluding carboxylic acids is 1. The molecule has 30 heavy (non-hydrogen) atoms. The van der Waals surface area contributed by atoms with E-state index in [1.807, 2.05) is 30.3 Å². The molecule has 0 aliphatic carbocycles. The Bertz CT molecular complexity index is 1010. The van der Waals surface area contributed by atoms with E-state index in [9.17, 15) is 4.79 Å². The first-order chi connectivity index (χ1) is 14.7. The van der Waals surface area contributed by atoms with E-state index in [2.05, 4.69) is 32.2 Å². The summed E-state index contributed by atoms with van der Waals surface area (Å²) in [6.07, 6.45) is 5.61. The van der Waals surface area contributed by atoms with Crippen LogP contribution in [-0.4, -0.2) is 42.1 Å². The second-order valence-electron chi connectivity index (χ2n) is 6.05. The third-order valence-corrected chi connectivity index (χ3v) is 4.07. The van der Waals surface area contributed by atoms with Crippen molar-refractivity contribution in [3.05, 3.63) is 61.4 Å². The van der Waals surface area contributed by atoms with Crippen molar-refractivity contribution in [2.45, 2.75) is 0 Å². The Morgan fingerprint density at radius 2 is 1.93 bits per heavy atom. The molecule has 2 aromatic heterocycles. The molecule has 0 saturated carbocycles. The second-order valence-corrected chi connectivity index (χ2v) is 6.05. The molecule has 1 aromatic carbocycles. The molecule has 0 spiro atoms. The number of anilines is 5. The molecule has 3 rings (SSSR count). The van der Waals surface area contributed by atoms with Crippen molar-refractivity contribution in [2.24, 2.45) is 0 Å². The number of rotatable bonds is 10. The van der Waals surface area contributed by atoms with Crippen LogP contribution < -0.4 is 25.0 Å². The first-order valence-electron chi connectivity index (χ1n) is 9.05. The van der Waals surface area contributed by atoms with Crippen molar-refractivity contribution >= 4 is 35.2 Å². The molecule has 0 saturated heterocycles. The highest BCUT2D eigenvalue weighted by atomic mass is 16.5. The number of hydrogen-bond donors (Lipinski definition) is 2. The SMILES string of the molecule is C=CCN(C=O)c1cccc(Nc2nc(Nc3ccc(OC)nc3)ncc2OC)c1. The largest absolute Gasteiger partial charge is 0.491 e. The monoisotopic (exact) mass is 406 g/mol. The molecule has 0 radical (unpaired) electrons. The fourth-order valence-corrected chi connectivity index (χ4v) is 2.62. The van der Waals surface area contributed by atoms with E-state index in [1.165, 1.54) is 0 Å². The van der Waals surface area contributed by atoms with Crippen LogP contribution in [0.15, 0.2) is 61.4 Å². The molecule has 2 N–H and O–H groups in total. The minimum Gasteiger partial charge on any atom is -0.491 e. The van der Waals surface area contributed by atoms with Gasteiger partial charge < -0.3 is 25.0 Å². The lowest BCUT2D eigenvalue weighted by Gasteiger charge is -2.17. The quantitative estimate of drug-likeness (QED) is 0.390. The Hall–Kier alpha value is -4.14. The molecule has 154 valence electrons. The first-order valence-corrected chi connectivity index (χ1v) is 9.05. The molecule has 0 aliphatic rings. The average Bonchev–Trinajstić information content (AvgIpc) is 2.78. The van der Waals surface area contributed by atoms with Crippen LogP contribution >= 0.6 is 0 Å². The zero-order valence-electron chi connectivity index (χ0n) is 16.7. The summed E-state index contributed by atoms with van der Waals surface area (Å²) in [7, 11) is 3.10. The van der Waals surface area contributed by atoms with Crippen LogP contribution in [0, 0.1) is 0 Å². The van der Waals surface area contributed by atoms with Crippen molar-refractivity contribution in [1.82, 2.24) is 15.0 Å². The molecule has 0 atom stereocenters. The van der Waals surface area contributed by atoms with Gasteiger partial charge in [-0.1, -0.05) is 12.1 Å². The van der Waals surface area contributed by atoms with E-state index < -0.39 is 0 Å². The van der Waals surface area contributed by atoms with E-state index in [0.717, 1.165) is 17.8 Å². The van der Waals surface area contributed by atoms with Crippen LogP contribution in [-0.2, 0) is 4.79 Å². The molecule has 0 aliphatic heterocycles. The lowest BCUT2D eigenvalue weighted by molar-refractivity contribution is -0.107. The van der Waals surface area contributed by atoms with Gasteiger partial charge in [-0.05, 0) is 24.3 Å². The number of pyridine rings is 1. The van der Waals surface area contributed by atoms with E-state index in [4.69, 9.17) is 9.47 Å². The minimum absolute atomic E-state index is 0.364. The van der Waals surface area contributed by atoms with Crippen molar-refractivity contribution in [3.8, 4) is 11.6 Å². The Morgan fingerprint density at radius 3 is 2.60 bits per heavy atom. The van der Waals surface area contributed by atoms with E-state index in [-0.39, 0.29) is 0 Å². The van der Waals surface area contributed by atoms with Gasteiger partial charge >= 0.3 is 0 Å². The Kier molecular flexibility index (Phi) is 6.78. The maximum Gasteiger partial charge on any atom is 0.229 e. The highest BCUT2D eigenvalue weighted by Gasteiger charge is 2.10. The summed E-state index contributed by atoms with van der Waals surface area (Å²) in [6.45, 7) is 4.08. The van der Waals surface area contributed by atoms with Crippen LogP contribution in [0.2, 0.25) is 0 Å². The normalized spacial score (nSPS) is 10.1. The third-order valence-electron chi connectivity index (χ3n) is 4.07. The first kappa shape index (κ1) is 20.6. The Morgan fingerprint density at radius 1 is 1.07 bits per heavy atom. The van der Waals surface area contributed by atoms with E-state index in [1.54, 1.807) is 43.7 Å². The summed E-state index contributed by atoms with van der Waals surface area (Å²) in [5.41, 5.74) is 2.17. The van der Waals surface area contributed by atoms with Gasteiger partial charge in [0.15, 0.2) is 11.6 Å². The number of amides is 1. The summed E-state index contributed by atoms with van der Waals surface area (Å²) in [5, 5.41) is 6.30. The number of nitrogens with one attached hydrogen (secondary N) is 2. The van der Waals surface area contributed by atoms with Gasteiger partial charge in [0.2, 0.25) is 18.2 Å². The molecule has 3 aromatic rings. The summed E-state index contributed by atoms with van der Waals surface area (Å²) in [4.78, 5) is 25.8. The van der Waals surface area contributed by atoms with Gasteiger partial charge in [0.05, 0.1) is 32.3 Å². The zero-order chi connectivity index (χ0) is 21.3. The maximum atomic E-state index is 11.3. The number of benzene rings is 1. The van der Waals surface area contributed by atoms with Crippen LogP contribution in [0.1, 0.15) is 0 Å². The van der Waals surface area contributed by atoms with Gasteiger partial charge in [0.1, 0.15) is 0 Å². The average molecular weight is 406 g/mol. The predicted octanol–water partition coefficient (Wildman–Crippen LogP) is 3.52. The fraction of sp³-hybridized carbons (Fsp3) is 0.143. The standard InChI is InChI=1S/C21H22N6O3/c1-4-10-27(14-28)17-7-5-6-15(11-17)24-20-18(29-2)13-23-21(26-20)25-16-8-9-19(30-3)22-12-16/h4-9,11-14H,1,10H2,2-3H3,(H2,23,24,25,26). The van der Waals surface area contributed by atoms with Crippen molar-refractivity contribution in [3.63, 3.8) is 0 Å². The highest BCUT2D eigenvalue weighted by Crippen LogP contribution is 2.28. The van der Waals surface area contributed by atoms with Gasteiger partial charge in [-0.15, -0.1) is 6.58 Å². The van der Waals surface area contributed by atoms with Crippen LogP contribution in [0.4, 0.5) is 28.8 Å². The van der Waals surface area contributed by atoms with Crippen molar-refractivity contribution in [1.29, 1.82) is 0 Å². The van der Waals surface area contributed by atoms with Crippen molar-refractivity contribution in [2.75, 3.05) is 36.3 Å². The van der Waals surface area contributed by atoms with E-state index >= 15 is 0 Å². The summed E-state index contributed by atoms with van der Waals surface area (Å²) >= 11 is 0. The number of carbonyl (C=O) groups is 1. The molecule has 1 amide bonds. The molecule has 0 bridgehead atoms. The van der Waals surface area contributed by atoms with Gasteiger partial charge in [-0.25, -0.2) is 9.97 Å². The molecule has 0 fully saturated rings. The molecule has 0 unspecified atom stereocenters. The van der Waals surface area contributed by atoms with Crippen LogP contribution in [0.5, 0.6) is 11.6 Å². The number of nitrogens with zero attached hydrogens (tertiary/aromatic N) is 4. The number of hydrogen-bond acceptors (Lipinski definition) is 8. The molecule has 9 heteroatoms. The lowest BCUT2D eigenvalue weighted by Crippen LogP contribution is -2.20. The second kappa shape index (κ2) is 9.87. The number of aromatic nitrogens is 3. The van der Waals surface area contributed by atoms with Gasteiger partial charge in [0, 0.05) is 24.0 Å². The number of methoxy groups -OCH3 is 2. The van der Waals surface area contributed by atoms with Gasteiger partial charge in [0.25, 0.3) is 0 Å². The van der Waals surface area contributed by atoms with E-state index in [0.29, 0.717) is 35.6 Å². The molecular weight excluding hydrogens is 384 g/mol. The Labute approximate surface area is 174 Å². The molecule has 9 nitrogen and oxygen atoms in total. The van der Waals surface area contributed by atoms with Crippen LogP contribution in [0.3, 0.4) is 0 Å². The predicted molar refractivity (Wildman–Crippen MR) is 116 cm³/mol. The highest BCUT2D eigenvalue weighted by molar-refractivity contribution is 5.78. The minimum atomic E-state index is 0.364.